The molecule has 6 heteroatoms. The number of carbonyl (C=O) groups excluding carboxylic acids is 1. The van der Waals surface area contributed by atoms with Gasteiger partial charge >= 0.3 is 0 Å². The molecule has 0 aliphatic rings. The SMILES string of the molecule is Cc1cc(C(=O)Nc2cc(CO)ccc2C)c2cnn(C(C)C)c2n1. The molecule has 0 unspecified atom stereocenters. The van der Waals surface area contributed by atoms with E-state index in [0.29, 0.717) is 16.9 Å². The Kier molecular flexibility index (Phi) is 4.55. The van der Waals surface area contributed by atoms with Gasteiger partial charge in [-0.15, -0.1) is 0 Å². The van der Waals surface area contributed by atoms with Crippen molar-refractivity contribution < 1.29 is 9.90 Å². The molecule has 130 valence electrons. The first-order valence-corrected chi connectivity index (χ1v) is 8.27. The van der Waals surface area contributed by atoms with Gasteiger partial charge in [0.05, 0.1) is 23.8 Å². The van der Waals surface area contributed by atoms with Gasteiger partial charge in [-0.3, -0.25) is 4.79 Å². The number of benzene rings is 1. The smallest absolute Gasteiger partial charge is 0.256 e. The number of hydrogen-bond acceptors (Lipinski definition) is 4. The number of fused-ring (bicyclic) bond motifs is 1. The minimum atomic E-state index is -0.211. The van der Waals surface area contributed by atoms with Crippen molar-refractivity contribution in [3.8, 4) is 0 Å². The van der Waals surface area contributed by atoms with Gasteiger partial charge < -0.3 is 10.4 Å². The third-order valence-electron chi connectivity index (χ3n) is 4.16. The van der Waals surface area contributed by atoms with Crippen LogP contribution in [0.25, 0.3) is 11.0 Å². The lowest BCUT2D eigenvalue weighted by molar-refractivity contribution is 0.102. The molecule has 0 aliphatic heterocycles. The van der Waals surface area contributed by atoms with E-state index in [2.05, 4.69) is 15.4 Å². The summed E-state index contributed by atoms with van der Waals surface area (Å²) >= 11 is 0. The normalized spacial score (nSPS) is 11.3. The van der Waals surface area contributed by atoms with Crippen molar-refractivity contribution in [1.29, 1.82) is 0 Å². The van der Waals surface area contributed by atoms with Crippen LogP contribution in [0.1, 0.15) is 47.1 Å². The Hall–Kier alpha value is -2.73. The summed E-state index contributed by atoms with van der Waals surface area (Å²) < 4.78 is 1.82. The van der Waals surface area contributed by atoms with Crippen LogP contribution in [0.4, 0.5) is 5.69 Å². The molecule has 0 saturated heterocycles. The zero-order valence-electron chi connectivity index (χ0n) is 14.9. The maximum Gasteiger partial charge on any atom is 0.256 e. The van der Waals surface area contributed by atoms with Gasteiger partial charge in [-0.2, -0.15) is 5.10 Å². The van der Waals surface area contributed by atoms with E-state index >= 15 is 0 Å². The summed E-state index contributed by atoms with van der Waals surface area (Å²) in [7, 11) is 0. The van der Waals surface area contributed by atoms with Gasteiger partial charge in [0.2, 0.25) is 0 Å². The third kappa shape index (κ3) is 3.25. The van der Waals surface area contributed by atoms with Gasteiger partial charge in [-0.1, -0.05) is 12.1 Å². The van der Waals surface area contributed by atoms with Crippen LogP contribution >= 0.6 is 0 Å². The summed E-state index contributed by atoms with van der Waals surface area (Å²) in [6, 6.07) is 7.44. The number of anilines is 1. The van der Waals surface area contributed by atoms with Crippen molar-refractivity contribution >= 4 is 22.6 Å². The van der Waals surface area contributed by atoms with E-state index in [1.165, 1.54) is 0 Å². The van der Waals surface area contributed by atoms with Crippen molar-refractivity contribution in [2.45, 2.75) is 40.3 Å². The third-order valence-corrected chi connectivity index (χ3v) is 4.16. The molecule has 2 heterocycles. The number of amides is 1. The van der Waals surface area contributed by atoms with Gasteiger partial charge in [-0.25, -0.2) is 9.67 Å². The number of nitrogens with one attached hydrogen (secondary N) is 1. The van der Waals surface area contributed by atoms with E-state index in [-0.39, 0.29) is 18.6 Å². The second kappa shape index (κ2) is 6.64. The van der Waals surface area contributed by atoms with Crippen molar-refractivity contribution in [2.75, 3.05) is 5.32 Å². The Bertz CT molecular complexity index is 944. The molecule has 25 heavy (non-hydrogen) atoms. The number of nitrogens with zero attached hydrogens (tertiary/aromatic N) is 3. The van der Waals surface area contributed by atoms with Crippen LogP contribution < -0.4 is 5.32 Å². The summed E-state index contributed by atoms with van der Waals surface area (Å²) in [5, 5.41) is 17.4. The average Bonchev–Trinajstić information content (AvgIpc) is 2.99. The maximum atomic E-state index is 12.9. The van der Waals surface area contributed by atoms with Crippen molar-refractivity contribution in [3.05, 3.63) is 52.8 Å². The Morgan fingerprint density at radius 2 is 2.04 bits per heavy atom. The predicted octanol–water partition coefficient (Wildman–Crippen LogP) is 3.37. The van der Waals surface area contributed by atoms with Crippen molar-refractivity contribution in [1.82, 2.24) is 14.8 Å². The fourth-order valence-electron chi connectivity index (χ4n) is 2.80. The fraction of sp³-hybridized carbons (Fsp3) is 0.316. The van der Waals surface area contributed by atoms with E-state index in [0.717, 1.165) is 22.2 Å². The summed E-state index contributed by atoms with van der Waals surface area (Å²) in [6.45, 7) is 7.77. The van der Waals surface area contributed by atoms with E-state index in [1.807, 2.05) is 44.5 Å². The summed E-state index contributed by atoms with van der Waals surface area (Å²) in [5.74, 6) is -0.211. The van der Waals surface area contributed by atoms with E-state index < -0.39 is 0 Å². The van der Waals surface area contributed by atoms with Crippen molar-refractivity contribution in [2.24, 2.45) is 0 Å². The van der Waals surface area contributed by atoms with Crippen LogP contribution in [-0.4, -0.2) is 25.8 Å². The van der Waals surface area contributed by atoms with Crippen LogP contribution in [0.2, 0.25) is 0 Å². The minimum absolute atomic E-state index is 0.0665. The molecular weight excluding hydrogens is 316 g/mol. The summed E-state index contributed by atoms with van der Waals surface area (Å²) in [5.41, 5.74) is 4.40. The number of hydrogen-bond donors (Lipinski definition) is 2. The Morgan fingerprint density at radius 1 is 1.28 bits per heavy atom. The highest BCUT2D eigenvalue weighted by molar-refractivity contribution is 6.12. The molecule has 0 radical (unpaired) electrons. The van der Waals surface area contributed by atoms with E-state index in [4.69, 9.17) is 0 Å². The van der Waals surface area contributed by atoms with Gasteiger partial charge in [0, 0.05) is 17.4 Å². The first kappa shape index (κ1) is 17.1. The highest BCUT2D eigenvalue weighted by Gasteiger charge is 2.17. The molecule has 0 aliphatic carbocycles. The Labute approximate surface area is 146 Å². The molecule has 0 spiro atoms. The molecule has 1 aromatic carbocycles. The number of pyridine rings is 1. The van der Waals surface area contributed by atoms with Crippen LogP contribution in [0.3, 0.4) is 0 Å². The number of aromatic nitrogens is 3. The van der Waals surface area contributed by atoms with Crippen LogP contribution in [0, 0.1) is 13.8 Å². The molecule has 3 rings (SSSR count). The zero-order valence-corrected chi connectivity index (χ0v) is 14.9. The van der Waals surface area contributed by atoms with Crippen LogP contribution in [0.15, 0.2) is 30.5 Å². The first-order valence-electron chi connectivity index (χ1n) is 8.27. The topological polar surface area (TPSA) is 80.0 Å². The molecule has 0 bridgehead atoms. The average molecular weight is 338 g/mol. The standard InChI is InChI=1S/C19H22N4O2/c1-11(2)23-18-16(9-20-23)15(7-13(4)21-18)19(25)22-17-8-14(10-24)6-5-12(17)3/h5-9,11,24H,10H2,1-4H3,(H,22,25). The lowest BCUT2D eigenvalue weighted by atomic mass is 10.1. The van der Waals surface area contributed by atoms with Gasteiger partial charge in [0.25, 0.3) is 5.91 Å². The molecule has 3 aromatic rings. The number of rotatable bonds is 4. The number of aliphatic hydroxyl groups is 1. The van der Waals surface area contributed by atoms with Gasteiger partial charge in [-0.05, 0) is 51.0 Å². The largest absolute Gasteiger partial charge is 0.392 e. The molecular formula is C19H22N4O2. The molecule has 0 saturated carbocycles. The zero-order chi connectivity index (χ0) is 18.1. The molecule has 0 atom stereocenters. The van der Waals surface area contributed by atoms with Crippen LogP contribution in [0.5, 0.6) is 0 Å². The molecule has 1 amide bonds. The van der Waals surface area contributed by atoms with Crippen molar-refractivity contribution in [3.63, 3.8) is 0 Å². The predicted molar refractivity (Wildman–Crippen MR) is 97.7 cm³/mol. The molecule has 2 aromatic heterocycles. The van der Waals surface area contributed by atoms with Crippen LogP contribution in [-0.2, 0) is 6.61 Å². The second-order valence-electron chi connectivity index (χ2n) is 6.49. The highest BCUT2D eigenvalue weighted by Crippen LogP contribution is 2.23. The first-order chi connectivity index (χ1) is 11.9. The number of aryl methyl sites for hydroxylation is 2. The maximum absolute atomic E-state index is 12.9. The highest BCUT2D eigenvalue weighted by atomic mass is 16.3. The lowest BCUT2D eigenvalue weighted by Crippen LogP contribution is -2.14. The number of carbonyl (C=O) groups is 1. The molecule has 6 nitrogen and oxygen atoms in total. The van der Waals surface area contributed by atoms with E-state index in [1.54, 1.807) is 18.3 Å². The van der Waals surface area contributed by atoms with Gasteiger partial charge in [0.1, 0.15) is 0 Å². The van der Waals surface area contributed by atoms with E-state index in [9.17, 15) is 9.90 Å². The van der Waals surface area contributed by atoms with Gasteiger partial charge in [0.15, 0.2) is 5.65 Å². The number of aliphatic hydroxyl groups excluding tert-OH is 1. The quantitative estimate of drug-likeness (QED) is 0.764. The minimum Gasteiger partial charge on any atom is -0.392 e. The molecule has 0 fully saturated rings. The summed E-state index contributed by atoms with van der Waals surface area (Å²) in [4.78, 5) is 17.4. The Balaban J connectivity index is 2.03. The Morgan fingerprint density at radius 3 is 2.72 bits per heavy atom. The lowest BCUT2D eigenvalue weighted by Gasteiger charge is -2.12. The second-order valence-corrected chi connectivity index (χ2v) is 6.49. The fourth-order valence-corrected chi connectivity index (χ4v) is 2.80. The summed E-state index contributed by atoms with van der Waals surface area (Å²) in [6.07, 6.45) is 1.69. The molecule has 2 N–H and O–H groups in total. The monoisotopic (exact) mass is 338 g/mol.